The number of pyridine rings is 1. The fourth-order valence-electron chi connectivity index (χ4n) is 3.22. The summed E-state index contributed by atoms with van der Waals surface area (Å²) in [7, 11) is 0. The number of hydrogen-bond donors (Lipinski definition) is 2. The van der Waals surface area contributed by atoms with Crippen LogP contribution in [0.25, 0.3) is 32.7 Å². The number of aromatic nitrogens is 2. The van der Waals surface area contributed by atoms with Crippen molar-refractivity contribution in [2.24, 2.45) is 0 Å². The Bertz CT molecular complexity index is 1130. The molecule has 0 aliphatic rings. The lowest BCUT2D eigenvalue weighted by molar-refractivity contribution is -0.137. The molecule has 0 aliphatic heterocycles. The number of hydrogen-bond acceptors (Lipinski definition) is 2. The van der Waals surface area contributed by atoms with E-state index in [1.165, 1.54) is 12.1 Å². The molecule has 26 heavy (non-hydrogen) atoms. The molecule has 4 aromatic rings. The summed E-state index contributed by atoms with van der Waals surface area (Å²) in [5.74, 6) is 0.580. The van der Waals surface area contributed by atoms with Crippen molar-refractivity contribution in [1.29, 1.82) is 0 Å². The molecule has 3 nitrogen and oxygen atoms in total. The molecule has 2 N–H and O–H groups in total. The molecule has 2 heterocycles. The van der Waals surface area contributed by atoms with Crippen molar-refractivity contribution in [2.45, 2.75) is 32.5 Å². The van der Waals surface area contributed by atoms with Crippen LogP contribution in [0.2, 0.25) is 0 Å². The molecule has 0 unspecified atom stereocenters. The van der Waals surface area contributed by atoms with Crippen LogP contribution in [0.5, 0.6) is 0 Å². The molecular weight excluding hydrogens is 339 g/mol. The minimum Gasteiger partial charge on any atom is -0.365 e. The summed E-state index contributed by atoms with van der Waals surface area (Å²) in [6, 6.07) is 11.4. The van der Waals surface area contributed by atoms with E-state index in [2.05, 4.69) is 10.3 Å². The second kappa shape index (κ2) is 5.37. The second-order valence-corrected chi connectivity index (χ2v) is 7.49. The number of anilines is 1. The highest BCUT2D eigenvalue weighted by molar-refractivity contribution is 6.20. The van der Waals surface area contributed by atoms with Gasteiger partial charge in [-0.15, -0.1) is 0 Å². The first-order valence-electron chi connectivity index (χ1n) is 8.33. The monoisotopic (exact) mass is 357 g/mol. The Kier molecular flexibility index (Phi) is 3.45. The summed E-state index contributed by atoms with van der Waals surface area (Å²) in [5.41, 5.74) is 1.28. The zero-order chi connectivity index (χ0) is 18.7. The molecule has 2 aromatic heterocycles. The number of fused-ring (bicyclic) bond motifs is 5. The standard InChI is InChI=1S/C20H18F3N3/c1-19(2,3)26-18-16-13-10-11(20(21,22)23)8-9-15(13)24-17(16)12-6-4-5-7-14(12)25-18/h4-10,24H,1-3H3,(H,25,26). The first-order valence-corrected chi connectivity index (χ1v) is 8.33. The summed E-state index contributed by atoms with van der Waals surface area (Å²) in [6.45, 7) is 5.98. The number of nitrogens with one attached hydrogen (secondary N) is 2. The molecule has 6 heteroatoms. The van der Waals surface area contributed by atoms with Crippen LogP contribution < -0.4 is 5.32 Å². The van der Waals surface area contributed by atoms with Gasteiger partial charge in [0.2, 0.25) is 0 Å². The van der Waals surface area contributed by atoms with Crippen LogP contribution in [0.15, 0.2) is 42.5 Å². The summed E-state index contributed by atoms with van der Waals surface area (Å²) >= 11 is 0. The third kappa shape index (κ3) is 2.75. The number of H-pyrrole nitrogens is 1. The van der Waals surface area contributed by atoms with Crippen LogP contribution in [-0.4, -0.2) is 15.5 Å². The number of rotatable bonds is 1. The van der Waals surface area contributed by atoms with E-state index >= 15 is 0 Å². The minimum atomic E-state index is -4.39. The molecule has 0 radical (unpaired) electrons. The van der Waals surface area contributed by atoms with E-state index in [1.807, 2.05) is 45.0 Å². The van der Waals surface area contributed by atoms with E-state index in [1.54, 1.807) is 0 Å². The molecule has 134 valence electrons. The molecular formula is C20H18F3N3. The number of alkyl halides is 3. The molecule has 4 rings (SSSR count). The number of benzene rings is 2. The Hall–Kier alpha value is -2.76. The predicted octanol–water partition coefficient (Wildman–Crippen LogP) is 6.10. The van der Waals surface area contributed by atoms with E-state index in [9.17, 15) is 13.2 Å². The van der Waals surface area contributed by atoms with Crippen molar-refractivity contribution in [3.05, 3.63) is 48.0 Å². The molecule has 0 atom stereocenters. The highest BCUT2D eigenvalue weighted by Gasteiger charge is 2.31. The predicted molar refractivity (Wildman–Crippen MR) is 99.5 cm³/mol. The first-order chi connectivity index (χ1) is 12.1. The van der Waals surface area contributed by atoms with Gasteiger partial charge >= 0.3 is 6.18 Å². The Labute approximate surface area is 148 Å². The number of aromatic amines is 1. The van der Waals surface area contributed by atoms with Gasteiger partial charge in [0.25, 0.3) is 0 Å². The second-order valence-electron chi connectivity index (χ2n) is 7.49. The van der Waals surface area contributed by atoms with Crippen LogP contribution in [-0.2, 0) is 6.18 Å². The third-order valence-corrected chi connectivity index (χ3v) is 4.26. The summed E-state index contributed by atoms with van der Waals surface area (Å²) in [4.78, 5) is 7.97. The molecule has 0 amide bonds. The van der Waals surface area contributed by atoms with Gasteiger partial charge < -0.3 is 10.3 Å². The fourth-order valence-corrected chi connectivity index (χ4v) is 3.22. The normalized spacial score (nSPS) is 13.0. The molecule has 0 aliphatic carbocycles. The Morgan fingerprint density at radius 3 is 2.38 bits per heavy atom. The first kappa shape index (κ1) is 16.7. The van der Waals surface area contributed by atoms with Crippen LogP contribution >= 0.6 is 0 Å². The van der Waals surface area contributed by atoms with Crippen LogP contribution in [0, 0.1) is 0 Å². The Morgan fingerprint density at radius 1 is 0.962 bits per heavy atom. The van der Waals surface area contributed by atoms with Gasteiger partial charge in [-0.3, -0.25) is 0 Å². The number of nitrogens with zero attached hydrogens (tertiary/aromatic N) is 1. The lowest BCUT2D eigenvalue weighted by Crippen LogP contribution is -2.26. The molecule has 0 saturated carbocycles. The Balaban J connectivity index is 2.14. The van der Waals surface area contributed by atoms with Gasteiger partial charge in [-0.25, -0.2) is 4.98 Å². The van der Waals surface area contributed by atoms with Crippen molar-refractivity contribution in [3.8, 4) is 0 Å². The van der Waals surface area contributed by atoms with Crippen LogP contribution in [0.1, 0.15) is 26.3 Å². The highest BCUT2D eigenvalue weighted by Crippen LogP contribution is 2.39. The van der Waals surface area contributed by atoms with E-state index in [0.717, 1.165) is 22.5 Å². The van der Waals surface area contributed by atoms with Gasteiger partial charge in [-0.05, 0) is 45.0 Å². The fraction of sp³-hybridized carbons (Fsp3) is 0.250. The molecule has 0 bridgehead atoms. The average molecular weight is 357 g/mol. The van der Waals surface area contributed by atoms with Crippen molar-refractivity contribution in [3.63, 3.8) is 0 Å². The van der Waals surface area contributed by atoms with Crippen LogP contribution in [0.4, 0.5) is 19.0 Å². The SMILES string of the molecule is CC(C)(C)Nc1nc2ccccc2c2[nH]c3ccc(C(F)(F)F)cc3c12. The van der Waals surface area contributed by atoms with E-state index < -0.39 is 11.7 Å². The van der Waals surface area contributed by atoms with Gasteiger partial charge in [0.15, 0.2) is 0 Å². The lowest BCUT2D eigenvalue weighted by atomic mass is 10.1. The van der Waals surface area contributed by atoms with E-state index in [-0.39, 0.29) is 5.54 Å². The molecule has 0 saturated heterocycles. The Morgan fingerprint density at radius 2 is 1.69 bits per heavy atom. The van der Waals surface area contributed by atoms with Crippen molar-refractivity contribution >= 4 is 38.5 Å². The van der Waals surface area contributed by atoms with E-state index in [0.29, 0.717) is 22.1 Å². The maximum Gasteiger partial charge on any atom is 0.416 e. The average Bonchev–Trinajstić information content (AvgIpc) is 2.92. The minimum absolute atomic E-state index is 0.284. The van der Waals surface area contributed by atoms with Crippen LogP contribution in [0.3, 0.4) is 0 Å². The molecule has 2 aromatic carbocycles. The third-order valence-electron chi connectivity index (χ3n) is 4.26. The number of halogens is 3. The van der Waals surface area contributed by atoms with Gasteiger partial charge in [0.05, 0.1) is 22.0 Å². The number of para-hydroxylation sites is 1. The lowest BCUT2D eigenvalue weighted by Gasteiger charge is -2.22. The quantitative estimate of drug-likeness (QED) is 0.432. The molecule has 0 spiro atoms. The zero-order valence-corrected chi connectivity index (χ0v) is 14.6. The summed E-state index contributed by atoms with van der Waals surface area (Å²) in [5, 5.41) is 5.42. The highest BCUT2D eigenvalue weighted by atomic mass is 19.4. The van der Waals surface area contributed by atoms with Gasteiger partial charge in [-0.1, -0.05) is 18.2 Å². The van der Waals surface area contributed by atoms with Crippen molar-refractivity contribution in [1.82, 2.24) is 9.97 Å². The van der Waals surface area contributed by atoms with Crippen molar-refractivity contribution < 1.29 is 13.2 Å². The summed E-state index contributed by atoms with van der Waals surface area (Å²) in [6.07, 6.45) is -4.39. The van der Waals surface area contributed by atoms with Crippen molar-refractivity contribution in [2.75, 3.05) is 5.32 Å². The maximum absolute atomic E-state index is 13.2. The summed E-state index contributed by atoms with van der Waals surface area (Å²) < 4.78 is 39.6. The van der Waals surface area contributed by atoms with Gasteiger partial charge in [-0.2, -0.15) is 13.2 Å². The smallest absolute Gasteiger partial charge is 0.365 e. The zero-order valence-electron chi connectivity index (χ0n) is 14.6. The largest absolute Gasteiger partial charge is 0.416 e. The topological polar surface area (TPSA) is 40.7 Å². The van der Waals surface area contributed by atoms with Gasteiger partial charge in [0, 0.05) is 21.8 Å². The van der Waals surface area contributed by atoms with E-state index in [4.69, 9.17) is 4.98 Å². The maximum atomic E-state index is 13.2. The van der Waals surface area contributed by atoms with Gasteiger partial charge in [0.1, 0.15) is 5.82 Å². The molecule has 0 fully saturated rings.